The predicted octanol–water partition coefficient (Wildman–Crippen LogP) is 5.48. The number of benzene rings is 4. The molecule has 0 aliphatic carbocycles. The zero-order valence-electron chi connectivity index (χ0n) is 33.4. The molecule has 0 radical (unpaired) electrons. The van der Waals surface area contributed by atoms with Gasteiger partial charge in [-0.1, -0.05) is 36.4 Å². The van der Waals surface area contributed by atoms with Crippen LogP contribution < -0.4 is 20.3 Å². The number of likely N-dealkylation sites (tertiary alicyclic amines) is 2. The summed E-state index contributed by atoms with van der Waals surface area (Å²) >= 11 is 1.50. The van der Waals surface area contributed by atoms with Crippen LogP contribution in [0.2, 0.25) is 0 Å². The van der Waals surface area contributed by atoms with E-state index in [9.17, 15) is 29.5 Å². The van der Waals surface area contributed by atoms with Gasteiger partial charge in [-0.2, -0.15) is 0 Å². The topological polar surface area (TPSA) is 152 Å². The molecule has 1 unspecified atom stereocenters. The van der Waals surface area contributed by atoms with E-state index in [0.717, 1.165) is 96.8 Å². The summed E-state index contributed by atoms with van der Waals surface area (Å²) in [7, 11) is -1.54. The number of phenols is 1. The highest BCUT2D eigenvalue weighted by atomic mass is 32.1. The number of amides is 3. The van der Waals surface area contributed by atoms with Gasteiger partial charge >= 0.3 is 7.12 Å². The normalized spacial score (nSPS) is 19.5. The van der Waals surface area contributed by atoms with E-state index in [4.69, 9.17) is 9.47 Å². The zero-order chi connectivity index (χ0) is 41.3. The van der Waals surface area contributed by atoms with Gasteiger partial charge in [-0.05, 0) is 141 Å². The van der Waals surface area contributed by atoms with Crippen molar-refractivity contribution in [3.63, 3.8) is 0 Å². The molecule has 0 spiro atoms. The summed E-state index contributed by atoms with van der Waals surface area (Å²) in [6.07, 6.45) is 5.01. The molecule has 3 amide bonds. The van der Waals surface area contributed by atoms with Gasteiger partial charge < -0.3 is 39.3 Å². The summed E-state index contributed by atoms with van der Waals surface area (Å²) in [6.45, 7) is 7.47. The second kappa shape index (κ2) is 17.4. The first kappa shape index (κ1) is 40.2. The number of piperidine rings is 3. The van der Waals surface area contributed by atoms with Gasteiger partial charge in [0, 0.05) is 41.7 Å². The number of hydrogen-bond donors (Lipinski definition) is 4. The highest BCUT2D eigenvalue weighted by Gasteiger charge is 2.39. The van der Waals surface area contributed by atoms with Crippen molar-refractivity contribution in [1.82, 2.24) is 20.0 Å². The molecule has 14 heteroatoms. The van der Waals surface area contributed by atoms with E-state index < -0.39 is 13.2 Å². The smallest absolute Gasteiger partial charge is 0.488 e. The molecule has 1 atom stereocenters. The number of aromatic hydroxyl groups is 1. The van der Waals surface area contributed by atoms with Crippen LogP contribution in [0.15, 0.2) is 84.9 Å². The second-order valence-corrected chi connectivity index (χ2v) is 17.6. The third-order valence-corrected chi connectivity index (χ3v) is 13.9. The van der Waals surface area contributed by atoms with Crippen LogP contribution in [0.25, 0.3) is 20.5 Å². The molecule has 0 bridgehead atoms. The van der Waals surface area contributed by atoms with Gasteiger partial charge in [-0.3, -0.25) is 19.7 Å². The number of phenolic OH excluding ortho intramolecular Hbond substituents is 1. The average Bonchev–Trinajstić information content (AvgIpc) is 3.78. The maximum Gasteiger partial charge on any atom is 0.488 e. The maximum absolute atomic E-state index is 13.1. The van der Waals surface area contributed by atoms with Crippen molar-refractivity contribution in [2.45, 2.75) is 57.0 Å². The SMILES string of the molecule is O=C1CCC(N2Cc3cc(C4CCN(CCN5CCC(COc6ccc(Oc7c(-c8ccc(B(O)O)cc8)sc8cc(O)ccc78)cc6)CC5)CC4)ccc3C2=O)C(=O)N1. The number of fused-ring (bicyclic) bond motifs is 2. The van der Waals surface area contributed by atoms with Crippen LogP contribution in [0.5, 0.6) is 23.0 Å². The predicted molar refractivity (Wildman–Crippen MR) is 231 cm³/mol. The van der Waals surface area contributed by atoms with Crippen LogP contribution in [-0.2, 0) is 16.1 Å². The molecule has 4 aliphatic rings. The summed E-state index contributed by atoms with van der Waals surface area (Å²) in [6, 6.07) is 25.6. The summed E-state index contributed by atoms with van der Waals surface area (Å²) in [4.78, 5) is 44.9. The molecular formula is C46H49BN4O8S. The summed E-state index contributed by atoms with van der Waals surface area (Å²) in [5, 5.41) is 32.5. The third kappa shape index (κ3) is 8.66. The fraction of sp³-hybridized carbons (Fsp3) is 0.370. The molecule has 310 valence electrons. The molecule has 5 heterocycles. The molecule has 9 rings (SSSR count). The molecule has 4 aliphatic heterocycles. The Labute approximate surface area is 353 Å². The average molecular weight is 829 g/mol. The Balaban J connectivity index is 0.710. The summed E-state index contributed by atoms with van der Waals surface area (Å²) in [5.74, 6) is 2.51. The number of ether oxygens (including phenoxy) is 2. The number of thiophene rings is 1. The van der Waals surface area contributed by atoms with Crippen LogP contribution in [0, 0.1) is 5.92 Å². The first-order valence-electron chi connectivity index (χ1n) is 21.0. The number of imide groups is 1. The standard InChI is InChI=1S/C46H49BN4O8S/c52-35-6-12-39-41(26-35)60-44(31-1-4-34(5-2-31)47(56)57)43(39)59-37-9-7-36(8-10-37)58-28-29-15-19-49(20-16-29)23-24-50-21-17-30(18-22-50)32-3-11-38-33(25-32)27-51(46(38)55)40-13-14-42(53)48-45(40)54/h1-12,25-26,29-30,40,52,56-57H,13-24,27-28H2,(H,48,53,54). The number of nitrogens with zero attached hydrogens (tertiary/aromatic N) is 3. The molecule has 4 N–H and O–H groups in total. The molecule has 12 nitrogen and oxygen atoms in total. The van der Waals surface area contributed by atoms with E-state index >= 15 is 0 Å². The van der Waals surface area contributed by atoms with Crippen molar-refractivity contribution >= 4 is 51.7 Å². The van der Waals surface area contributed by atoms with Crippen molar-refractivity contribution in [1.29, 1.82) is 0 Å². The van der Waals surface area contributed by atoms with Crippen LogP contribution >= 0.6 is 11.3 Å². The van der Waals surface area contributed by atoms with E-state index in [0.29, 0.717) is 53.9 Å². The first-order chi connectivity index (χ1) is 29.1. The minimum Gasteiger partial charge on any atom is -0.508 e. The fourth-order valence-electron chi connectivity index (χ4n) is 9.09. The summed E-state index contributed by atoms with van der Waals surface area (Å²) in [5.41, 5.74) is 4.21. The number of rotatable bonds is 12. The maximum atomic E-state index is 13.1. The van der Waals surface area contributed by atoms with E-state index in [1.54, 1.807) is 29.2 Å². The van der Waals surface area contributed by atoms with E-state index in [1.165, 1.54) is 16.9 Å². The van der Waals surface area contributed by atoms with Crippen molar-refractivity contribution in [2.24, 2.45) is 5.92 Å². The number of nitrogens with one attached hydrogen (secondary N) is 1. The van der Waals surface area contributed by atoms with Gasteiger partial charge in [0.05, 0.1) is 11.5 Å². The quantitative estimate of drug-likeness (QED) is 0.0941. The van der Waals surface area contributed by atoms with Gasteiger partial charge in [-0.15, -0.1) is 11.3 Å². The zero-order valence-corrected chi connectivity index (χ0v) is 34.2. The van der Waals surface area contributed by atoms with Gasteiger partial charge in [-0.25, -0.2) is 0 Å². The van der Waals surface area contributed by atoms with Crippen LogP contribution in [0.4, 0.5) is 0 Å². The Morgan fingerprint density at radius 1 is 0.783 bits per heavy atom. The molecule has 60 heavy (non-hydrogen) atoms. The number of hydrogen-bond acceptors (Lipinski definition) is 11. The molecular weight excluding hydrogens is 779 g/mol. The van der Waals surface area contributed by atoms with Crippen LogP contribution in [0.1, 0.15) is 65.9 Å². The number of carbonyl (C=O) groups excluding carboxylic acids is 3. The lowest BCUT2D eigenvalue weighted by Crippen LogP contribution is -2.52. The Bertz CT molecular complexity index is 2370. The van der Waals surface area contributed by atoms with Crippen molar-refractivity contribution in [3.05, 3.63) is 102 Å². The number of carbonyl (C=O) groups is 3. The molecule has 0 saturated carbocycles. The third-order valence-electron chi connectivity index (χ3n) is 12.7. The Hall–Kier alpha value is -5.25. The molecule has 1 aromatic heterocycles. The van der Waals surface area contributed by atoms with E-state index in [-0.39, 0.29) is 29.9 Å². The molecule has 5 aromatic rings. The van der Waals surface area contributed by atoms with Gasteiger partial charge in [0.2, 0.25) is 11.8 Å². The van der Waals surface area contributed by atoms with Crippen LogP contribution in [-0.4, -0.2) is 107 Å². The lowest BCUT2D eigenvalue weighted by atomic mass is 9.80. The van der Waals surface area contributed by atoms with Crippen molar-refractivity contribution < 1.29 is 39.0 Å². The van der Waals surface area contributed by atoms with E-state index in [1.807, 2.05) is 48.5 Å². The monoisotopic (exact) mass is 828 g/mol. The molecule has 4 aromatic carbocycles. The highest BCUT2D eigenvalue weighted by Crippen LogP contribution is 2.47. The van der Waals surface area contributed by atoms with Crippen molar-refractivity contribution in [2.75, 3.05) is 45.9 Å². The van der Waals surface area contributed by atoms with Crippen molar-refractivity contribution in [3.8, 4) is 33.4 Å². The minimum absolute atomic E-state index is 0.120. The van der Waals surface area contributed by atoms with E-state index in [2.05, 4.69) is 27.2 Å². The lowest BCUT2D eigenvalue weighted by molar-refractivity contribution is -0.136. The highest BCUT2D eigenvalue weighted by molar-refractivity contribution is 7.22. The van der Waals surface area contributed by atoms with Crippen LogP contribution in [0.3, 0.4) is 0 Å². The first-order valence-corrected chi connectivity index (χ1v) is 21.8. The molecule has 3 saturated heterocycles. The largest absolute Gasteiger partial charge is 0.508 e. The lowest BCUT2D eigenvalue weighted by Gasteiger charge is -2.36. The minimum atomic E-state index is -1.54. The Morgan fingerprint density at radius 2 is 1.48 bits per heavy atom. The van der Waals surface area contributed by atoms with Gasteiger partial charge in [0.1, 0.15) is 23.3 Å². The fourth-order valence-corrected chi connectivity index (χ4v) is 10.3. The van der Waals surface area contributed by atoms with Gasteiger partial charge in [0.15, 0.2) is 5.75 Å². The Kier molecular flexibility index (Phi) is 11.6. The Morgan fingerprint density at radius 3 is 2.18 bits per heavy atom. The van der Waals surface area contributed by atoms with Gasteiger partial charge in [0.25, 0.3) is 5.91 Å². The summed E-state index contributed by atoms with van der Waals surface area (Å²) < 4.78 is 13.6. The second-order valence-electron chi connectivity index (χ2n) is 16.5. The molecule has 3 fully saturated rings.